The third-order valence-corrected chi connectivity index (χ3v) is 2.83. The fourth-order valence-corrected chi connectivity index (χ4v) is 1.79. The van der Waals surface area contributed by atoms with Gasteiger partial charge in [0.05, 0.1) is 6.07 Å². The molecule has 0 saturated heterocycles. The van der Waals surface area contributed by atoms with E-state index >= 15 is 0 Å². The smallest absolute Gasteiger partial charge is 0.395 e. The zero-order valence-corrected chi connectivity index (χ0v) is 11.5. The highest BCUT2D eigenvalue weighted by atomic mass is 16.6. The number of nitro groups is 1. The van der Waals surface area contributed by atoms with Crippen LogP contribution in [0.1, 0.15) is 23.0 Å². The summed E-state index contributed by atoms with van der Waals surface area (Å²) < 4.78 is 4.87. The minimum Gasteiger partial charge on any atom is -0.395 e. The van der Waals surface area contributed by atoms with Gasteiger partial charge in [-0.25, -0.2) is 0 Å². The van der Waals surface area contributed by atoms with Gasteiger partial charge in [0.1, 0.15) is 4.92 Å². The van der Waals surface area contributed by atoms with Crippen LogP contribution in [0.3, 0.4) is 0 Å². The zero-order chi connectivity index (χ0) is 15.2. The maximum absolute atomic E-state index is 12.0. The van der Waals surface area contributed by atoms with Gasteiger partial charge in [-0.3, -0.25) is 14.9 Å². The Balaban J connectivity index is 2.13. The lowest BCUT2D eigenvalue weighted by Crippen LogP contribution is -2.16. The number of amides is 1. The molecule has 0 aliphatic rings. The third kappa shape index (κ3) is 3.67. The number of nitrogens with zero attached hydrogens (tertiary/aromatic N) is 1. The maximum Gasteiger partial charge on any atom is 0.433 e. The molecule has 0 fully saturated rings. The second kappa shape index (κ2) is 6.67. The SMILES string of the molecule is CCNCc1ccccc1NC(=O)c1ccc([N+](=O)[O-])o1. The van der Waals surface area contributed by atoms with Gasteiger partial charge < -0.3 is 15.1 Å². The molecule has 1 amide bonds. The topological polar surface area (TPSA) is 97.4 Å². The van der Waals surface area contributed by atoms with Gasteiger partial charge in [-0.05, 0) is 24.2 Å². The summed E-state index contributed by atoms with van der Waals surface area (Å²) in [5.74, 6) is -1.08. The molecule has 0 bridgehead atoms. The van der Waals surface area contributed by atoms with E-state index in [0.717, 1.165) is 18.2 Å². The van der Waals surface area contributed by atoms with Gasteiger partial charge in [-0.15, -0.1) is 0 Å². The van der Waals surface area contributed by atoms with Crippen LogP contribution < -0.4 is 10.6 Å². The van der Waals surface area contributed by atoms with E-state index in [1.54, 1.807) is 12.1 Å². The number of carbonyl (C=O) groups excluding carboxylic acids is 1. The first kappa shape index (κ1) is 14.7. The Morgan fingerprint density at radius 1 is 1.29 bits per heavy atom. The fraction of sp³-hybridized carbons (Fsp3) is 0.214. The normalized spacial score (nSPS) is 10.3. The van der Waals surface area contributed by atoms with E-state index in [0.29, 0.717) is 12.2 Å². The van der Waals surface area contributed by atoms with Crippen molar-refractivity contribution < 1.29 is 14.1 Å². The maximum atomic E-state index is 12.0. The highest BCUT2D eigenvalue weighted by Gasteiger charge is 2.17. The number of anilines is 1. The first-order valence-electron chi connectivity index (χ1n) is 6.46. The van der Waals surface area contributed by atoms with Gasteiger partial charge in [0.25, 0.3) is 5.91 Å². The van der Waals surface area contributed by atoms with Gasteiger partial charge in [0.2, 0.25) is 0 Å². The molecule has 21 heavy (non-hydrogen) atoms. The van der Waals surface area contributed by atoms with Crippen LogP contribution in [0.15, 0.2) is 40.8 Å². The van der Waals surface area contributed by atoms with Gasteiger partial charge in [0.15, 0.2) is 5.76 Å². The quantitative estimate of drug-likeness (QED) is 0.629. The molecule has 0 aliphatic carbocycles. The number of nitrogens with one attached hydrogen (secondary N) is 2. The van der Waals surface area contributed by atoms with Crippen LogP contribution >= 0.6 is 0 Å². The number of hydrogen-bond donors (Lipinski definition) is 2. The number of rotatable bonds is 6. The van der Waals surface area contributed by atoms with Crippen LogP contribution in [0, 0.1) is 10.1 Å². The predicted molar refractivity (Wildman–Crippen MR) is 77.1 cm³/mol. The van der Waals surface area contributed by atoms with E-state index in [1.807, 2.05) is 19.1 Å². The lowest BCUT2D eigenvalue weighted by molar-refractivity contribution is -0.402. The molecule has 2 aromatic rings. The van der Waals surface area contributed by atoms with Crippen molar-refractivity contribution in [1.82, 2.24) is 5.32 Å². The Hall–Kier alpha value is -2.67. The Bertz CT molecular complexity index is 651. The standard InChI is InChI=1S/C14H15N3O4/c1-2-15-9-10-5-3-4-6-11(10)16-14(18)12-7-8-13(21-12)17(19)20/h3-8,15H,2,9H2,1H3,(H,16,18). The molecule has 0 atom stereocenters. The molecule has 2 rings (SSSR count). The van der Waals surface area contributed by atoms with Crippen molar-refractivity contribution >= 4 is 17.5 Å². The number of benzene rings is 1. The monoisotopic (exact) mass is 289 g/mol. The minimum atomic E-state index is -0.685. The lowest BCUT2D eigenvalue weighted by atomic mass is 10.1. The summed E-state index contributed by atoms with van der Waals surface area (Å²) in [5.41, 5.74) is 1.57. The lowest BCUT2D eigenvalue weighted by Gasteiger charge is -2.10. The van der Waals surface area contributed by atoms with Gasteiger partial charge in [-0.1, -0.05) is 25.1 Å². The van der Waals surface area contributed by atoms with Crippen molar-refractivity contribution in [3.8, 4) is 0 Å². The molecule has 0 radical (unpaired) electrons. The number of hydrogen-bond acceptors (Lipinski definition) is 5. The average molecular weight is 289 g/mol. The molecule has 0 saturated carbocycles. The molecule has 1 aromatic carbocycles. The second-order valence-corrected chi connectivity index (χ2v) is 4.29. The van der Waals surface area contributed by atoms with E-state index in [2.05, 4.69) is 10.6 Å². The van der Waals surface area contributed by atoms with E-state index < -0.39 is 16.7 Å². The first-order valence-corrected chi connectivity index (χ1v) is 6.46. The molecular formula is C14H15N3O4. The highest BCUT2D eigenvalue weighted by molar-refractivity contribution is 6.02. The van der Waals surface area contributed by atoms with Crippen molar-refractivity contribution in [1.29, 1.82) is 0 Å². The van der Waals surface area contributed by atoms with E-state index in [1.165, 1.54) is 6.07 Å². The zero-order valence-electron chi connectivity index (χ0n) is 11.5. The van der Waals surface area contributed by atoms with Gasteiger partial charge >= 0.3 is 5.88 Å². The third-order valence-electron chi connectivity index (χ3n) is 2.83. The summed E-state index contributed by atoms with van der Waals surface area (Å²) in [5, 5.41) is 16.4. The van der Waals surface area contributed by atoms with Crippen LogP contribution in [0.2, 0.25) is 0 Å². The van der Waals surface area contributed by atoms with Crippen LogP contribution in [0.4, 0.5) is 11.6 Å². The molecule has 0 spiro atoms. The second-order valence-electron chi connectivity index (χ2n) is 4.29. The van der Waals surface area contributed by atoms with Crippen molar-refractivity contribution in [2.24, 2.45) is 0 Å². The summed E-state index contributed by atoms with van der Waals surface area (Å²) in [7, 11) is 0. The van der Waals surface area contributed by atoms with E-state index in [4.69, 9.17) is 4.42 Å². The van der Waals surface area contributed by atoms with Crippen LogP contribution in [-0.2, 0) is 6.54 Å². The molecule has 0 aliphatic heterocycles. The Labute approximate surface area is 121 Å². The van der Waals surface area contributed by atoms with Crippen LogP contribution in [-0.4, -0.2) is 17.4 Å². The summed E-state index contributed by atoms with van der Waals surface area (Å²) in [4.78, 5) is 21.9. The van der Waals surface area contributed by atoms with Gasteiger partial charge in [-0.2, -0.15) is 0 Å². The molecule has 2 N–H and O–H groups in total. The Morgan fingerprint density at radius 3 is 2.71 bits per heavy atom. The first-order chi connectivity index (χ1) is 10.1. The molecule has 1 heterocycles. The summed E-state index contributed by atoms with van der Waals surface area (Å²) in [6, 6.07) is 9.76. The van der Waals surface area contributed by atoms with Gasteiger partial charge in [0, 0.05) is 12.2 Å². The van der Waals surface area contributed by atoms with Crippen LogP contribution in [0.25, 0.3) is 0 Å². The van der Waals surface area contributed by atoms with Crippen molar-refractivity contribution in [2.75, 3.05) is 11.9 Å². The molecule has 7 nitrogen and oxygen atoms in total. The summed E-state index contributed by atoms with van der Waals surface area (Å²) >= 11 is 0. The van der Waals surface area contributed by atoms with Crippen molar-refractivity contribution in [2.45, 2.75) is 13.5 Å². The van der Waals surface area contributed by atoms with E-state index in [-0.39, 0.29) is 5.76 Å². The number of carbonyl (C=O) groups is 1. The minimum absolute atomic E-state index is 0.0973. The van der Waals surface area contributed by atoms with Crippen molar-refractivity contribution in [3.63, 3.8) is 0 Å². The molecular weight excluding hydrogens is 274 g/mol. The Kier molecular flexibility index (Phi) is 4.68. The Morgan fingerprint density at radius 2 is 2.05 bits per heavy atom. The number of furan rings is 1. The fourth-order valence-electron chi connectivity index (χ4n) is 1.79. The molecule has 0 unspecified atom stereocenters. The van der Waals surface area contributed by atoms with Crippen molar-refractivity contribution in [3.05, 3.63) is 57.8 Å². The highest BCUT2D eigenvalue weighted by Crippen LogP contribution is 2.19. The molecule has 110 valence electrons. The summed E-state index contributed by atoms with van der Waals surface area (Å²) in [6.45, 7) is 3.42. The van der Waals surface area contributed by atoms with Crippen LogP contribution in [0.5, 0.6) is 0 Å². The molecule has 1 aromatic heterocycles. The van der Waals surface area contributed by atoms with E-state index in [9.17, 15) is 14.9 Å². The average Bonchev–Trinajstić information content (AvgIpc) is 2.96. The number of para-hydroxylation sites is 1. The summed E-state index contributed by atoms with van der Waals surface area (Å²) in [6.07, 6.45) is 0. The predicted octanol–water partition coefficient (Wildman–Crippen LogP) is 2.55. The molecule has 7 heteroatoms. The largest absolute Gasteiger partial charge is 0.433 e.